The summed E-state index contributed by atoms with van der Waals surface area (Å²) in [5.41, 5.74) is 2.43. The van der Waals surface area contributed by atoms with Crippen LogP contribution in [0.1, 0.15) is 18.1 Å². The molecule has 104 valence electrons. The van der Waals surface area contributed by atoms with Crippen molar-refractivity contribution in [2.75, 3.05) is 13.6 Å². The van der Waals surface area contributed by atoms with Gasteiger partial charge in [0.2, 0.25) is 0 Å². The highest BCUT2D eigenvalue weighted by Gasteiger charge is 2.28. The van der Waals surface area contributed by atoms with Gasteiger partial charge in [-0.25, -0.2) is 0 Å². The largest absolute Gasteiger partial charge is 0.366 e. The standard InChI is InChI=1S/C17H20N2S/c1-17(13-19-16(20)18-2,14-9-5-3-6-10-14)15-11-7-4-8-12-15/h3-12H,13H2,1-2H3,(H2,18,19,20). The average molecular weight is 284 g/mol. The molecule has 0 atom stereocenters. The van der Waals surface area contributed by atoms with Gasteiger partial charge in [-0.3, -0.25) is 0 Å². The Bertz CT molecular complexity index is 512. The molecule has 0 saturated heterocycles. The van der Waals surface area contributed by atoms with Crippen molar-refractivity contribution in [3.63, 3.8) is 0 Å². The van der Waals surface area contributed by atoms with E-state index >= 15 is 0 Å². The molecule has 0 unspecified atom stereocenters. The third kappa shape index (κ3) is 3.17. The van der Waals surface area contributed by atoms with Gasteiger partial charge >= 0.3 is 0 Å². The van der Waals surface area contributed by atoms with E-state index < -0.39 is 0 Å². The van der Waals surface area contributed by atoms with E-state index in [1.165, 1.54) is 11.1 Å². The highest BCUT2D eigenvalue weighted by molar-refractivity contribution is 7.80. The number of hydrogen-bond donors (Lipinski definition) is 2. The molecule has 2 rings (SSSR count). The summed E-state index contributed by atoms with van der Waals surface area (Å²) in [4.78, 5) is 0. The fourth-order valence-corrected chi connectivity index (χ4v) is 2.40. The predicted molar refractivity (Wildman–Crippen MR) is 89.0 cm³/mol. The van der Waals surface area contributed by atoms with Crippen molar-refractivity contribution in [3.8, 4) is 0 Å². The van der Waals surface area contributed by atoms with Crippen molar-refractivity contribution in [1.82, 2.24) is 10.6 Å². The summed E-state index contributed by atoms with van der Waals surface area (Å²) in [5.74, 6) is 0. The lowest BCUT2D eigenvalue weighted by atomic mass is 9.76. The monoisotopic (exact) mass is 284 g/mol. The minimum Gasteiger partial charge on any atom is -0.366 e. The van der Waals surface area contributed by atoms with Gasteiger partial charge in [0.05, 0.1) is 0 Å². The Balaban J connectivity index is 2.36. The maximum absolute atomic E-state index is 5.20. The molecular weight excluding hydrogens is 264 g/mol. The summed E-state index contributed by atoms with van der Waals surface area (Å²) in [6, 6.07) is 21.0. The number of hydrogen-bond acceptors (Lipinski definition) is 1. The molecule has 2 aromatic rings. The van der Waals surface area contributed by atoms with Gasteiger partial charge in [0.15, 0.2) is 5.11 Å². The first kappa shape index (κ1) is 14.5. The molecule has 0 aliphatic rings. The third-order valence-electron chi connectivity index (χ3n) is 3.65. The van der Waals surface area contributed by atoms with Crippen molar-refractivity contribution < 1.29 is 0 Å². The lowest BCUT2D eigenvalue weighted by Gasteiger charge is -2.31. The van der Waals surface area contributed by atoms with Gasteiger partial charge in [-0.05, 0) is 30.3 Å². The molecule has 0 amide bonds. The Morgan fingerprint density at radius 2 is 1.40 bits per heavy atom. The van der Waals surface area contributed by atoms with Gasteiger partial charge in [0.25, 0.3) is 0 Å². The zero-order chi connectivity index (χ0) is 14.4. The topological polar surface area (TPSA) is 24.1 Å². The van der Waals surface area contributed by atoms with Crippen LogP contribution in [-0.2, 0) is 5.41 Å². The van der Waals surface area contributed by atoms with Gasteiger partial charge in [0.1, 0.15) is 0 Å². The summed E-state index contributed by atoms with van der Waals surface area (Å²) >= 11 is 5.20. The van der Waals surface area contributed by atoms with Crippen LogP contribution in [0.15, 0.2) is 60.7 Å². The molecule has 2 N–H and O–H groups in total. The molecule has 3 heteroatoms. The van der Waals surface area contributed by atoms with Crippen LogP contribution in [0.3, 0.4) is 0 Å². The lowest BCUT2D eigenvalue weighted by Crippen LogP contribution is -2.42. The van der Waals surface area contributed by atoms with Crippen LogP contribution in [0.4, 0.5) is 0 Å². The van der Waals surface area contributed by atoms with E-state index in [0.717, 1.165) is 6.54 Å². The van der Waals surface area contributed by atoms with Crippen LogP contribution in [0.5, 0.6) is 0 Å². The van der Waals surface area contributed by atoms with E-state index in [1.54, 1.807) is 0 Å². The Morgan fingerprint density at radius 3 is 1.80 bits per heavy atom. The maximum Gasteiger partial charge on any atom is 0.166 e. The Morgan fingerprint density at radius 1 is 0.950 bits per heavy atom. The molecule has 0 aliphatic heterocycles. The van der Waals surface area contributed by atoms with Gasteiger partial charge in [0, 0.05) is 19.0 Å². The lowest BCUT2D eigenvalue weighted by molar-refractivity contribution is 0.553. The summed E-state index contributed by atoms with van der Waals surface area (Å²) in [7, 11) is 1.83. The van der Waals surface area contributed by atoms with E-state index in [-0.39, 0.29) is 5.41 Å². The third-order valence-corrected chi connectivity index (χ3v) is 4.00. The Hall–Kier alpha value is -1.87. The average Bonchev–Trinajstić information content (AvgIpc) is 2.54. The van der Waals surface area contributed by atoms with Crippen molar-refractivity contribution in [2.24, 2.45) is 0 Å². The van der Waals surface area contributed by atoms with E-state index in [9.17, 15) is 0 Å². The highest BCUT2D eigenvalue weighted by Crippen LogP contribution is 2.31. The second-order valence-electron chi connectivity index (χ2n) is 5.00. The first-order chi connectivity index (χ1) is 9.66. The molecule has 0 radical (unpaired) electrons. The summed E-state index contributed by atoms with van der Waals surface area (Å²) in [5, 5.41) is 6.92. The number of nitrogens with one attached hydrogen (secondary N) is 2. The van der Waals surface area contributed by atoms with Crippen LogP contribution < -0.4 is 10.6 Å². The summed E-state index contributed by atoms with van der Waals surface area (Å²) in [6.07, 6.45) is 0. The molecule has 0 heterocycles. The Labute approximate surface area is 126 Å². The van der Waals surface area contributed by atoms with Crippen LogP contribution in [0.25, 0.3) is 0 Å². The molecular formula is C17H20N2S. The number of rotatable bonds is 4. The molecule has 0 aromatic heterocycles. The normalized spacial score (nSPS) is 10.9. The van der Waals surface area contributed by atoms with Crippen molar-refractivity contribution in [2.45, 2.75) is 12.3 Å². The molecule has 0 aliphatic carbocycles. The molecule has 0 fully saturated rings. The van der Waals surface area contributed by atoms with E-state index in [1.807, 2.05) is 19.2 Å². The zero-order valence-corrected chi connectivity index (χ0v) is 12.7. The van der Waals surface area contributed by atoms with Crippen LogP contribution in [-0.4, -0.2) is 18.7 Å². The second kappa shape index (κ2) is 6.53. The molecule has 0 spiro atoms. The summed E-state index contributed by atoms with van der Waals surface area (Å²) in [6.45, 7) is 2.99. The molecule has 2 aromatic carbocycles. The quantitative estimate of drug-likeness (QED) is 0.844. The van der Waals surface area contributed by atoms with Gasteiger partial charge < -0.3 is 10.6 Å². The Kier molecular flexibility index (Phi) is 4.74. The van der Waals surface area contributed by atoms with Crippen LogP contribution in [0, 0.1) is 0 Å². The first-order valence-electron chi connectivity index (χ1n) is 6.73. The van der Waals surface area contributed by atoms with Gasteiger partial charge in [-0.2, -0.15) is 0 Å². The predicted octanol–water partition coefficient (Wildman–Crippen LogP) is 3.09. The SMILES string of the molecule is CNC(=S)NCC(C)(c1ccccc1)c1ccccc1. The van der Waals surface area contributed by atoms with Crippen LogP contribution in [0.2, 0.25) is 0 Å². The molecule has 0 saturated carbocycles. The molecule has 0 bridgehead atoms. The van der Waals surface area contributed by atoms with Crippen LogP contribution >= 0.6 is 12.2 Å². The number of thiocarbonyl (C=S) groups is 1. The second-order valence-corrected chi connectivity index (χ2v) is 5.41. The fourth-order valence-electron chi connectivity index (χ4n) is 2.33. The maximum atomic E-state index is 5.20. The number of benzene rings is 2. The van der Waals surface area contributed by atoms with Crippen molar-refractivity contribution in [1.29, 1.82) is 0 Å². The van der Waals surface area contributed by atoms with Crippen molar-refractivity contribution >= 4 is 17.3 Å². The first-order valence-corrected chi connectivity index (χ1v) is 7.14. The summed E-state index contributed by atoms with van der Waals surface area (Å²) < 4.78 is 0. The zero-order valence-electron chi connectivity index (χ0n) is 11.9. The fraction of sp³-hybridized carbons (Fsp3) is 0.235. The highest BCUT2D eigenvalue weighted by atomic mass is 32.1. The molecule has 20 heavy (non-hydrogen) atoms. The molecule has 2 nitrogen and oxygen atoms in total. The van der Waals surface area contributed by atoms with Crippen molar-refractivity contribution in [3.05, 3.63) is 71.8 Å². The van der Waals surface area contributed by atoms with E-state index in [0.29, 0.717) is 5.11 Å². The minimum absolute atomic E-state index is 0.122. The van der Waals surface area contributed by atoms with E-state index in [2.05, 4.69) is 66.1 Å². The van der Waals surface area contributed by atoms with Gasteiger partial charge in [-0.15, -0.1) is 0 Å². The smallest absolute Gasteiger partial charge is 0.166 e. The minimum atomic E-state index is -0.122. The van der Waals surface area contributed by atoms with E-state index in [4.69, 9.17) is 12.2 Å². The van der Waals surface area contributed by atoms with Gasteiger partial charge in [-0.1, -0.05) is 60.7 Å².